The second-order valence-corrected chi connectivity index (χ2v) is 17.7. The summed E-state index contributed by atoms with van der Waals surface area (Å²) >= 11 is 1.86. The second-order valence-electron chi connectivity index (χ2n) is 16.6. The van der Waals surface area contributed by atoms with E-state index in [1.165, 1.54) is 41.7 Å². The number of furan rings is 2. The molecule has 300 valence electrons. The highest BCUT2D eigenvalue weighted by Crippen LogP contribution is 2.45. The third-order valence-electron chi connectivity index (χ3n) is 12.9. The van der Waals surface area contributed by atoms with Gasteiger partial charge in [0.2, 0.25) is 0 Å². The molecule has 0 radical (unpaired) electrons. The van der Waals surface area contributed by atoms with Crippen LogP contribution in [0.2, 0.25) is 0 Å². The summed E-state index contributed by atoms with van der Waals surface area (Å²) in [5.74, 6) is 0. The van der Waals surface area contributed by atoms with E-state index in [9.17, 15) is 0 Å². The predicted octanol–water partition coefficient (Wildman–Crippen LogP) is 17.6. The van der Waals surface area contributed by atoms with Gasteiger partial charge in [-0.3, -0.25) is 0 Å². The van der Waals surface area contributed by atoms with Crippen molar-refractivity contribution in [2.24, 2.45) is 0 Å². The molecule has 0 saturated carbocycles. The highest BCUT2D eigenvalue weighted by atomic mass is 32.1. The van der Waals surface area contributed by atoms with Crippen LogP contribution in [-0.2, 0) is 0 Å². The molecule has 1 N–H and O–H groups in total. The smallest absolute Gasteiger partial charge is 0.135 e. The minimum Gasteiger partial charge on any atom is -0.456 e. The zero-order chi connectivity index (χ0) is 41.9. The van der Waals surface area contributed by atoms with E-state index < -0.39 is 0 Å². The van der Waals surface area contributed by atoms with Gasteiger partial charge in [0.05, 0.1) is 0 Å². The molecule has 14 aromatic rings. The van der Waals surface area contributed by atoms with Crippen LogP contribution in [0.4, 0.5) is 34.1 Å². The van der Waals surface area contributed by atoms with Crippen molar-refractivity contribution in [3.8, 4) is 0 Å². The highest BCUT2D eigenvalue weighted by molar-refractivity contribution is 7.26. The van der Waals surface area contributed by atoms with Crippen molar-refractivity contribution in [1.29, 1.82) is 0 Å². The number of anilines is 6. The fourth-order valence-electron chi connectivity index (χ4n) is 9.94. The Labute approximate surface area is 370 Å². The van der Waals surface area contributed by atoms with Crippen LogP contribution in [0.25, 0.3) is 96.6 Å². The molecule has 0 amide bonds. The average molecular weight is 838 g/mol. The first-order valence-electron chi connectivity index (χ1n) is 21.6. The molecule has 0 atom stereocenters. The van der Waals surface area contributed by atoms with Crippen molar-refractivity contribution in [2.45, 2.75) is 0 Å². The summed E-state index contributed by atoms with van der Waals surface area (Å²) in [4.78, 5) is 8.49. The van der Waals surface area contributed by atoms with Gasteiger partial charge in [-0.2, -0.15) is 0 Å². The molecule has 0 aliphatic rings. The van der Waals surface area contributed by atoms with Gasteiger partial charge in [0.15, 0.2) is 0 Å². The van der Waals surface area contributed by atoms with Gasteiger partial charge >= 0.3 is 0 Å². The maximum Gasteiger partial charge on any atom is 0.135 e. The molecular weight excluding hydrogens is 803 g/mol. The Hall–Kier alpha value is -8.32. The Bertz CT molecular complexity index is 3890. The molecule has 5 nitrogen and oxygen atoms in total. The van der Waals surface area contributed by atoms with Gasteiger partial charge in [-0.15, -0.1) is 11.3 Å². The Kier molecular flexibility index (Phi) is 7.49. The first-order valence-corrected chi connectivity index (χ1v) is 22.4. The third kappa shape index (κ3) is 5.43. The lowest BCUT2D eigenvalue weighted by molar-refractivity contribution is 0.668. The number of para-hydroxylation sites is 4. The van der Waals surface area contributed by atoms with Gasteiger partial charge in [-0.1, -0.05) is 84.9 Å². The predicted molar refractivity (Wildman–Crippen MR) is 270 cm³/mol. The van der Waals surface area contributed by atoms with Crippen molar-refractivity contribution in [3.05, 3.63) is 206 Å². The van der Waals surface area contributed by atoms with E-state index in [4.69, 9.17) is 8.83 Å². The molecule has 4 heterocycles. The zero-order valence-corrected chi connectivity index (χ0v) is 35.1. The van der Waals surface area contributed by atoms with Crippen LogP contribution >= 0.6 is 11.3 Å². The van der Waals surface area contributed by atoms with Crippen molar-refractivity contribution >= 4 is 142 Å². The number of nitrogens with one attached hydrogen (secondary N) is 1. The van der Waals surface area contributed by atoms with Crippen LogP contribution in [0.1, 0.15) is 0 Å². The molecule has 6 heteroatoms. The number of fused-ring (bicyclic) bond motifs is 13. The summed E-state index contributed by atoms with van der Waals surface area (Å²) in [6.07, 6.45) is 0. The summed E-state index contributed by atoms with van der Waals surface area (Å²) in [6, 6.07) is 73.8. The van der Waals surface area contributed by atoms with Gasteiger partial charge < -0.3 is 23.6 Å². The Morgan fingerprint density at radius 2 is 0.766 bits per heavy atom. The molecule has 4 aromatic heterocycles. The largest absolute Gasteiger partial charge is 0.456 e. The number of hydrogen-bond donors (Lipinski definition) is 1. The van der Waals surface area contributed by atoms with Crippen LogP contribution in [-0.4, -0.2) is 4.98 Å². The van der Waals surface area contributed by atoms with Gasteiger partial charge in [-0.25, -0.2) is 0 Å². The maximum atomic E-state index is 6.20. The molecule has 14 rings (SSSR count). The van der Waals surface area contributed by atoms with Gasteiger partial charge in [-0.05, 0) is 132 Å². The fourth-order valence-corrected chi connectivity index (χ4v) is 11.1. The van der Waals surface area contributed by atoms with Gasteiger partial charge in [0.25, 0.3) is 0 Å². The lowest BCUT2D eigenvalue weighted by Crippen LogP contribution is -2.09. The van der Waals surface area contributed by atoms with Crippen molar-refractivity contribution < 1.29 is 8.83 Å². The van der Waals surface area contributed by atoms with Crippen LogP contribution in [0.3, 0.4) is 0 Å². The topological polar surface area (TPSA) is 48.6 Å². The fraction of sp³-hybridized carbons (Fsp3) is 0. The lowest BCUT2D eigenvalue weighted by Gasteiger charge is -2.25. The molecule has 0 fully saturated rings. The van der Waals surface area contributed by atoms with E-state index in [-0.39, 0.29) is 0 Å². The van der Waals surface area contributed by atoms with Crippen molar-refractivity contribution in [2.75, 3.05) is 9.80 Å². The molecule has 0 aliphatic heterocycles. The third-order valence-corrected chi connectivity index (χ3v) is 14.0. The lowest BCUT2D eigenvalue weighted by atomic mass is 10.0. The monoisotopic (exact) mass is 837 g/mol. The Morgan fingerprint density at radius 1 is 0.297 bits per heavy atom. The maximum absolute atomic E-state index is 6.20. The minimum atomic E-state index is 0.886. The van der Waals surface area contributed by atoms with Crippen LogP contribution in [0, 0.1) is 0 Å². The first kappa shape index (κ1) is 35.3. The van der Waals surface area contributed by atoms with Crippen LogP contribution < -0.4 is 9.80 Å². The first-order chi connectivity index (χ1) is 31.7. The number of aromatic amines is 1. The molecular formula is C58H35N3O2S. The SMILES string of the molecule is c1ccc(N(c2ccc3c(c2)[nH]c2cc4cc5c(cc4cc23)sc2cc(N(c3ccccc3)c3ccc4oc6ccccc6c4c3)ccc25)c2ccc3oc4ccccc4c3c2)cc1. The summed E-state index contributed by atoms with van der Waals surface area (Å²) in [5, 5.41) is 11.9. The van der Waals surface area contributed by atoms with Gasteiger partial charge in [0, 0.05) is 97.6 Å². The molecule has 64 heavy (non-hydrogen) atoms. The van der Waals surface area contributed by atoms with Crippen LogP contribution in [0.5, 0.6) is 0 Å². The number of benzene rings is 10. The number of thiophene rings is 1. The second kappa shape index (κ2) is 13.6. The number of hydrogen-bond acceptors (Lipinski definition) is 5. The summed E-state index contributed by atoms with van der Waals surface area (Å²) < 4.78 is 14.9. The zero-order valence-electron chi connectivity index (χ0n) is 34.2. The molecule has 0 unspecified atom stereocenters. The van der Waals surface area contributed by atoms with Crippen molar-refractivity contribution in [1.82, 2.24) is 4.98 Å². The summed E-state index contributed by atoms with van der Waals surface area (Å²) in [5.41, 5.74) is 12.3. The average Bonchev–Trinajstić information content (AvgIpc) is 4.10. The van der Waals surface area contributed by atoms with E-state index >= 15 is 0 Å². The van der Waals surface area contributed by atoms with E-state index in [0.717, 1.165) is 89.0 Å². The molecule has 0 bridgehead atoms. The highest BCUT2D eigenvalue weighted by Gasteiger charge is 2.20. The Morgan fingerprint density at radius 3 is 1.41 bits per heavy atom. The van der Waals surface area contributed by atoms with E-state index in [1.807, 2.05) is 35.6 Å². The summed E-state index contributed by atoms with van der Waals surface area (Å²) in [6.45, 7) is 0. The molecule has 10 aromatic carbocycles. The quantitative estimate of drug-likeness (QED) is 0.181. The van der Waals surface area contributed by atoms with Gasteiger partial charge in [0.1, 0.15) is 22.3 Å². The normalized spacial score (nSPS) is 12.1. The number of rotatable bonds is 6. The van der Waals surface area contributed by atoms with E-state index in [0.29, 0.717) is 0 Å². The summed E-state index contributed by atoms with van der Waals surface area (Å²) in [7, 11) is 0. The standard InChI is InChI=1S/C58H35N3O2S/c1-3-11-37(12-4-1)60(39-21-25-55-48(31-39)44-15-7-9-17-53(44)62-55)41-19-23-43-47-27-36-30-57-50(28-35(36)29-51(47)59-52(43)33-41)46-24-20-42(34-58(46)64-57)61(38-13-5-2-6-14-38)40-22-26-56-49(32-40)45-16-8-10-18-54(45)63-56/h1-34,59H. The molecule has 0 saturated heterocycles. The number of aromatic nitrogens is 1. The van der Waals surface area contributed by atoms with Crippen LogP contribution in [0.15, 0.2) is 215 Å². The van der Waals surface area contributed by atoms with E-state index in [1.54, 1.807) is 0 Å². The van der Waals surface area contributed by atoms with E-state index in [2.05, 4.69) is 197 Å². The minimum absolute atomic E-state index is 0.886. The molecule has 0 aliphatic carbocycles. The number of H-pyrrole nitrogens is 1. The molecule has 0 spiro atoms. The Balaban J connectivity index is 0.865. The number of nitrogens with zero attached hydrogens (tertiary/aromatic N) is 2. The van der Waals surface area contributed by atoms with Crippen molar-refractivity contribution in [3.63, 3.8) is 0 Å².